The highest BCUT2D eigenvalue weighted by Gasteiger charge is 2.25. The number of nitrogens with zero attached hydrogens (tertiary/aromatic N) is 3. The molecule has 0 spiro atoms. The van der Waals surface area contributed by atoms with Crippen LogP contribution in [0.3, 0.4) is 0 Å². The van der Waals surface area contributed by atoms with Gasteiger partial charge in [0, 0.05) is 64.6 Å². The molecule has 2 heterocycles. The van der Waals surface area contributed by atoms with Gasteiger partial charge in [-0.25, -0.2) is 0 Å². The van der Waals surface area contributed by atoms with Crippen molar-refractivity contribution in [2.75, 3.05) is 31.1 Å². The summed E-state index contributed by atoms with van der Waals surface area (Å²) in [5, 5.41) is 2.45. The third kappa shape index (κ3) is 4.22. The third-order valence-electron chi connectivity index (χ3n) is 6.00. The van der Waals surface area contributed by atoms with Crippen molar-refractivity contribution < 1.29 is 4.79 Å². The van der Waals surface area contributed by atoms with Crippen LogP contribution in [-0.2, 0) is 0 Å². The minimum atomic E-state index is -0.171. The Balaban J connectivity index is 1.48. The van der Waals surface area contributed by atoms with E-state index in [9.17, 15) is 9.59 Å². The molecule has 0 unspecified atom stereocenters. The van der Waals surface area contributed by atoms with Crippen LogP contribution in [0, 0.1) is 0 Å². The second-order valence-corrected chi connectivity index (χ2v) is 8.87. The Hall–Kier alpha value is -3.28. The number of hydrogen-bond donors (Lipinski definition) is 0. The van der Waals surface area contributed by atoms with E-state index in [4.69, 9.17) is 23.2 Å². The van der Waals surface area contributed by atoms with E-state index in [1.54, 1.807) is 36.5 Å². The molecule has 166 valence electrons. The largest absolute Gasteiger partial charge is 0.368 e. The summed E-state index contributed by atoms with van der Waals surface area (Å²) in [6, 6.07) is 22.0. The van der Waals surface area contributed by atoms with E-state index in [2.05, 4.69) is 4.90 Å². The number of amides is 1. The predicted octanol–water partition coefficient (Wildman–Crippen LogP) is 5.26. The van der Waals surface area contributed by atoms with Crippen molar-refractivity contribution in [1.29, 1.82) is 0 Å². The van der Waals surface area contributed by atoms with Crippen molar-refractivity contribution in [3.8, 4) is 5.69 Å². The first kappa shape index (κ1) is 21.6. The highest BCUT2D eigenvalue weighted by atomic mass is 35.5. The minimum absolute atomic E-state index is 0.0837. The van der Waals surface area contributed by atoms with Gasteiger partial charge in [0.05, 0.1) is 5.56 Å². The van der Waals surface area contributed by atoms with Crippen molar-refractivity contribution in [1.82, 2.24) is 9.47 Å². The Morgan fingerprint density at radius 1 is 0.727 bits per heavy atom. The summed E-state index contributed by atoms with van der Waals surface area (Å²) in [4.78, 5) is 30.9. The number of rotatable bonds is 3. The summed E-state index contributed by atoms with van der Waals surface area (Å²) in [5.74, 6) is -0.0837. The molecular formula is C26H21Cl2N3O2. The fourth-order valence-corrected chi connectivity index (χ4v) is 4.58. The SMILES string of the molecule is O=C(c1cn(-c2ccc(Cl)cc2)c(=O)c2ccccc12)N1CCN(c2cccc(Cl)c2)CC1. The molecule has 1 amide bonds. The first-order chi connectivity index (χ1) is 16.0. The van der Waals surface area contributed by atoms with Gasteiger partial charge in [-0.15, -0.1) is 0 Å². The predicted molar refractivity (Wildman–Crippen MR) is 134 cm³/mol. The van der Waals surface area contributed by atoms with Crippen LogP contribution in [0.25, 0.3) is 16.5 Å². The quantitative estimate of drug-likeness (QED) is 0.404. The van der Waals surface area contributed by atoms with E-state index in [0.29, 0.717) is 58.2 Å². The summed E-state index contributed by atoms with van der Waals surface area (Å²) in [7, 11) is 0. The van der Waals surface area contributed by atoms with Crippen LogP contribution >= 0.6 is 23.2 Å². The maximum Gasteiger partial charge on any atom is 0.262 e. The van der Waals surface area contributed by atoms with Gasteiger partial charge in [0.15, 0.2) is 0 Å². The monoisotopic (exact) mass is 477 g/mol. The van der Waals surface area contributed by atoms with Gasteiger partial charge in [-0.2, -0.15) is 0 Å². The van der Waals surface area contributed by atoms with Gasteiger partial charge in [-0.05, 0) is 48.5 Å². The number of carbonyl (C=O) groups is 1. The van der Waals surface area contributed by atoms with Crippen LogP contribution in [0.15, 0.2) is 83.8 Å². The molecule has 0 aliphatic carbocycles. The number of fused-ring (bicyclic) bond motifs is 1. The molecule has 1 saturated heterocycles. The molecule has 0 saturated carbocycles. The van der Waals surface area contributed by atoms with Crippen LogP contribution in [0.2, 0.25) is 10.0 Å². The maximum absolute atomic E-state index is 13.6. The second-order valence-electron chi connectivity index (χ2n) is 8.00. The van der Waals surface area contributed by atoms with Crippen LogP contribution in [-0.4, -0.2) is 41.6 Å². The van der Waals surface area contributed by atoms with Crippen LogP contribution in [0.4, 0.5) is 5.69 Å². The number of halogens is 2. The third-order valence-corrected chi connectivity index (χ3v) is 6.49. The van der Waals surface area contributed by atoms with E-state index in [-0.39, 0.29) is 11.5 Å². The van der Waals surface area contributed by atoms with Crippen molar-refractivity contribution in [3.63, 3.8) is 0 Å². The van der Waals surface area contributed by atoms with E-state index in [1.165, 1.54) is 4.57 Å². The fourth-order valence-electron chi connectivity index (χ4n) is 4.27. The minimum Gasteiger partial charge on any atom is -0.368 e. The van der Waals surface area contributed by atoms with E-state index < -0.39 is 0 Å². The Labute approximate surface area is 201 Å². The molecule has 0 atom stereocenters. The van der Waals surface area contributed by atoms with Gasteiger partial charge in [0.2, 0.25) is 0 Å². The zero-order valence-electron chi connectivity index (χ0n) is 17.7. The summed E-state index contributed by atoms with van der Waals surface area (Å²) in [6.07, 6.45) is 1.65. The number of pyridine rings is 1. The van der Waals surface area contributed by atoms with Gasteiger partial charge in [-0.3, -0.25) is 14.2 Å². The molecule has 4 aromatic rings. The summed E-state index contributed by atoms with van der Waals surface area (Å²) in [5.41, 5.74) is 2.05. The molecule has 1 aromatic heterocycles. The molecule has 5 rings (SSSR count). The number of benzene rings is 3. The summed E-state index contributed by atoms with van der Waals surface area (Å²) < 4.78 is 1.52. The molecule has 3 aromatic carbocycles. The molecule has 1 fully saturated rings. The van der Waals surface area contributed by atoms with Crippen molar-refractivity contribution >= 4 is 45.6 Å². The lowest BCUT2D eigenvalue weighted by molar-refractivity contribution is 0.0748. The number of anilines is 1. The average Bonchev–Trinajstić information content (AvgIpc) is 2.85. The Morgan fingerprint density at radius 3 is 2.12 bits per heavy atom. The van der Waals surface area contributed by atoms with Crippen molar-refractivity contribution in [2.45, 2.75) is 0 Å². The number of hydrogen-bond acceptors (Lipinski definition) is 3. The number of aromatic nitrogens is 1. The molecular weight excluding hydrogens is 457 g/mol. The maximum atomic E-state index is 13.6. The van der Waals surface area contributed by atoms with Crippen molar-refractivity contribution in [3.05, 3.63) is 105 Å². The summed E-state index contributed by atoms with van der Waals surface area (Å²) in [6.45, 7) is 2.58. The molecule has 33 heavy (non-hydrogen) atoms. The first-order valence-corrected chi connectivity index (χ1v) is 11.5. The smallest absolute Gasteiger partial charge is 0.262 e. The average molecular weight is 478 g/mol. The van der Waals surface area contributed by atoms with Gasteiger partial charge >= 0.3 is 0 Å². The number of carbonyl (C=O) groups excluding carboxylic acids is 1. The summed E-state index contributed by atoms with van der Waals surface area (Å²) >= 11 is 12.2. The highest BCUT2D eigenvalue weighted by Crippen LogP contribution is 2.23. The molecule has 0 bridgehead atoms. The van der Waals surface area contributed by atoms with E-state index >= 15 is 0 Å². The lowest BCUT2D eigenvalue weighted by Crippen LogP contribution is -2.49. The van der Waals surface area contributed by atoms with Gasteiger partial charge in [0.1, 0.15) is 0 Å². The Kier molecular flexibility index (Phi) is 5.83. The molecule has 5 nitrogen and oxygen atoms in total. The molecule has 7 heteroatoms. The normalized spacial score (nSPS) is 14.0. The highest BCUT2D eigenvalue weighted by molar-refractivity contribution is 6.31. The first-order valence-electron chi connectivity index (χ1n) is 10.7. The van der Waals surface area contributed by atoms with Gasteiger partial charge in [-0.1, -0.05) is 47.5 Å². The topological polar surface area (TPSA) is 45.6 Å². The van der Waals surface area contributed by atoms with E-state index in [0.717, 1.165) is 5.69 Å². The lowest BCUT2D eigenvalue weighted by Gasteiger charge is -2.36. The molecule has 1 aliphatic rings. The standard InChI is InChI=1S/C26H21Cl2N3O2/c27-18-8-10-20(11-9-18)31-17-24(22-6-1-2-7-23(22)26(31)33)25(32)30-14-12-29(13-15-30)21-5-3-4-19(28)16-21/h1-11,16-17H,12-15H2. The lowest BCUT2D eigenvalue weighted by atomic mass is 10.1. The number of piperazine rings is 1. The van der Waals surface area contributed by atoms with Gasteiger partial charge < -0.3 is 9.80 Å². The zero-order chi connectivity index (χ0) is 22.9. The van der Waals surface area contributed by atoms with Crippen LogP contribution in [0.1, 0.15) is 10.4 Å². The fraction of sp³-hybridized carbons (Fsp3) is 0.154. The van der Waals surface area contributed by atoms with Crippen LogP contribution < -0.4 is 10.5 Å². The zero-order valence-corrected chi connectivity index (χ0v) is 19.3. The second kappa shape index (κ2) is 8.93. The van der Waals surface area contributed by atoms with Crippen molar-refractivity contribution in [2.24, 2.45) is 0 Å². The van der Waals surface area contributed by atoms with Crippen LogP contribution in [0.5, 0.6) is 0 Å². The molecule has 0 radical (unpaired) electrons. The molecule has 1 aliphatic heterocycles. The van der Waals surface area contributed by atoms with Gasteiger partial charge in [0.25, 0.3) is 11.5 Å². The molecule has 0 N–H and O–H groups in total. The Morgan fingerprint density at radius 2 is 1.42 bits per heavy atom. The Bertz CT molecular complexity index is 1390. The van der Waals surface area contributed by atoms with E-state index in [1.807, 2.05) is 47.4 Å².